The van der Waals surface area contributed by atoms with E-state index in [0.29, 0.717) is 12.1 Å². The average Bonchev–Trinajstić information content (AvgIpc) is 2.69. The molecule has 0 saturated heterocycles. The Morgan fingerprint density at radius 2 is 2.20 bits per heavy atom. The Balaban J connectivity index is 1.99. The van der Waals surface area contributed by atoms with Gasteiger partial charge >= 0.3 is 0 Å². The van der Waals surface area contributed by atoms with Gasteiger partial charge in [0.25, 0.3) is 0 Å². The molecule has 2 rings (SSSR count). The second-order valence-electron chi connectivity index (χ2n) is 4.02. The number of ether oxygens (including phenoxy) is 1. The molecule has 1 fully saturated rings. The first-order valence-corrected chi connectivity index (χ1v) is 5.39. The van der Waals surface area contributed by atoms with Crippen molar-refractivity contribution in [2.24, 2.45) is 0 Å². The molecule has 0 aliphatic heterocycles. The number of anilines is 1. The van der Waals surface area contributed by atoms with Crippen LogP contribution in [0.4, 0.5) is 5.82 Å². The number of aromatic nitrogens is 2. The summed E-state index contributed by atoms with van der Waals surface area (Å²) < 4.78 is 5.41. The molecule has 2 unspecified atom stereocenters. The highest BCUT2D eigenvalue weighted by Gasteiger charge is 2.27. The Morgan fingerprint density at radius 3 is 2.87 bits per heavy atom. The fourth-order valence-electron chi connectivity index (χ4n) is 2.04. The average molecular weight is 207 g/mol. The highest BCUT2D eigenvalue weighted by Crippen LogP contribution is 2.24. The lowest BCUT2D eigenvalue weighted by Crippen LogP contribution is -2.30. The molecular formula is C11H17N3O. The van der Waals surface area contributed by atoms with Crippen molar-refractivity contribution in [1.82, 2.24) is 10.2 Å². The first-order valence-electron chi connectivity index (χ1n) is 5.39. The van der Waals surface area contributed by atoms with Gasteiger partial charge in [-0.1, -0.05) is 0 Å². The molecule has 2 atom stereocenters. The summed E-state index contributed by atoms with van der Waals surface area (Å²) in [7, 11) is 1.77. The molecule has 4 nitrogen and oxygen atoms in total. The van der Waals surface area contributed by atoms with Gasteiger partial charge in [-0.2, -0.15) is 5.10 Å². The summed E-state index contributed by atoms with van der Waals surface area (Å²) in [4.78, 5) is 0. The molecule has 1 saturated carbocycles. The minimum Gasteiger partial charge on any atom is -0.379 e. The predicted octanol–water partition coefficient (Wildman–Crippen LogP) is 1.76. The number of aryl methyl sites for hydroxylation is 1. The van der Waals surface area contributed by atoms with Gasteiger partial charge in [-0.05, 0) is 38.3 Å². The maximum atomic E-state index is 5.41. The lowest BCUT2D eigenvalue weighted by molar-refractivity contribution is 0.101. The Morgan fingerprint density at radius 1 is 1.33 bits per heavy atom. The quantitative estimate of drug-likeness (QED) is 0.820. The van der Waals surface area contributed by atoms with Crippen LogP contribution in [0.15, 0.2) is 12.1 Å². The van der Waals surface area contributed by atoms with Crippen molar-refractivity contribution in [2.75, 3.05) is 12.4 Å². The third-order valence-electron chi connectivity index (χ3n) is 2.89. The highest BCUT2D eigenvalue weighted by molar-refractivity contribution is 5.34. The summed E-state index contributed by atoms with van der Waals surface area (Å²) >= 11 is 0. The maximum Gasteiger partial charge on any atom is 0.148 e. The molecule has 0 spiro atoms. The van der Waals surface area contributed by atoms with E-state index in [2.05, 4.69) is 15.5 Å². The topological polar surface area (TPSA) is 47.0 Å². The van der Waals surface area contributed by atoms with Gasteiger partial charge in [0.2, 0.25) is 0 Å². The van der Waals surface area contributed by atoms with Crippen LogP contribution < -0.4 is 5.32 Å². The first kappa shape index (κ1) is 10.4. The number of methoxy groups -OCH3 is 1. The van der Waals surface area contributed by atoms with Crippen LogP contribution in [-0.2, 0) is 4.74 Å². The Labute approximate surface area is 90.1 Å². The van der Waals surface area contributed by atoms with E-state index in [-0.39, 0.29) is 0 Å². The van der Waals surface area contributed by atoms with Gasteiger partial charge in [0.15, 0.2) is 0 Å². The molecule has 4 heteroatoms. The lowest BCUT2D eigenvalue weighted by Gasteiger charge is -2.19. The number of rotatable bonds is 3. The normalized spacial score (nSPS) is 25.5. The van der Waals surface area contributed by atoms with E-state index in [1.165, 1.54) is 6.42 Å². The fraction of sp³-hybridized carbons (Fsp3) is 0.636. The van der Waals surface area contributed by atoms with Gasteiger partial charge in [0.05, 0.1) is 17.8 Å². The van der Waals surface area contributed by atoms with Crippen LogP contribution in [-0.4, -0.2) is 29.5 Å². The monoisotopic (exact) mass is 207 g/mol. The minimum atomic E-state index is 0.313. The standard InChI is InChI=1S/C11H17N3O/c1-8-6-7-11(14-13-8)12-9-4-3-5-10(9)15-2/h6-7,9-10H,3-5H2,1-2H3,(H,12,14). The molecule has 0 amide bonds. The van der Waals surface area contributed by atoms with Crippen molar-refractivity contribution in [3.63, 3.8) is 0 Å². The zero-order valence-corrected chi connectivity index (χ0v) is 9.23. The Kier molecular flexibility index (Phi) is 3.16. The molecule has 15 heavy (non-hydrogen) atoms. The number of nitrogens with zero attached hydrogens (tertiary/aromatic N) is 2. The van der Waals surface area contributed by atoms with Gasteiger partial charge in [-0.25, -0.2) is 0 Å². The zero-order chi connectivity index (χ0) is 10.7. The first-order chi connectivity index (χ1) is 7.29. The van der Waals surface area contributed by atoms with Gasteiger partial charge in [0, 0.05) is 7.11 Å². The smallest absolute Gasteiger partial charge is 0.148 e. The van der Waals surface area contributed by atoms with Crippen LogP contribution >= 0.6 is 0 Å². The summed E-state index contributed by atoms with van der Waals surface area (Å²) in [5.74, 6) is 0.842. The fourth-order valence-corrected chi connectivity index (χ4v) is 2.04. The van der Waals surface area contributed by atoms with Crippen LogP contribution in [0.2, 0.25) is 0 Å². The molecule has 1 aromatic heterocycles. The van der Waals surface area contributed by atoms with Crippen LogP contribution in [0.3, 0.4) is 0 Å². The molecule has 1 aliphatic carbocycles. The van der Waals surface area contributed by atoms with Gasteiger partial charge < -0.3 is 10.1 Å². The minimum absolute atomic E-state index is 0.313. The molecule has 1 heterocycles. The molecule has 82 valence electrons. The highest BCUT2D eigenvalue weighted by atomic mass is 16.5. The van der Waals surface area contributed by atoms with Crippen molar-refractivity contribution in [1.29, 1.82) is 0 Å². The van der Waals surface area contributed by atoms with Crippen LogP contribution in [0.25, 0.3) is 0 Å². The molecule has 1 N–H and O–H groups in total. The summed E-state index contributed by atoms with van der Waals surface area (Å²) in [6.07, 6.45) is 3.81. The van der Waals surface area contributed by atoms with Crippen molar-refractivity contribution >= 4 is 5.82 Å². The van der Waals surface area contributed by atoms with Crippen molar-refractivity contribution in [3.05, 3.63) is 17.8 Å². The van der Waals surface area contributed by atoms with Gasteiger partial charge in [-0.3, -0.25) is 0 Å². The maximum absolute atomic E-state index is 5.41. The molecule has 1 aliphatic rings. The van der Waals surface area contributed by atoms with Gasteiger partial charge in [-0.15, -0.1) is 5.10 Å². The second kappa shape index (κ2) is 4.57. The summed E-state index contributed by atoms with van der Waals surface area (Å²) in [5.41, 5.74) is 0.940. The van der Waals surface area contributed by atoms with E-state index in [1.54, 1.807) is 7.11 Å². The molecule has 0 bridgehead atoms. The van der Waals surface area contributed by atoms with Crippen molar-refractivity contribution in [3.8, 4) is 0 Å². The third-order valence-corrected chi connectivity index (χ3v) is 2.89. The summed E-state index contributed by atoms with van der Waals surface area (Å²) in [6, 6.07) is 4.31. The molecule has 0 aromatic carbocycles. The van der Waals surface area contributed by atoms with Crippen LogP contribution in [0, 0.1) is 6.92 Å². The van der Waals surface area contributed by atoms with Crippen LogP contribution in [0.1, 0.15) is 25.0 Å². The van der Waals surface area contributed by atoms with E-state index in [0.717, 1.165) is 24.4 Å². The van der Waals surface area contributed by atoms with E-state index in [4.69, 9.17) is 4.74 Å². The lowest BCUT2D eigenvalue weighted by atomic mass is 10.2. The van der Waals surface area contributed by atoms with Crippen molar-refractivity contribution in [2.45, 2.75) is 38.3 Å². The van der Waals surface area contributed by atoms with E-state index >= 15 is 0 Å². The molecule has 1 aromatic rings. The SMILES string of the molecule is COC1CCCC1Nc1ccc(C)nn1. The van der Waals surface area contributed by atoms with Crippen LogP contribution in [0.5, 0.6) is 0 Å². The Hall–Kier alpha value is -1.16. The second-order valence-corrected chi connectivity index (χ2v) is 4.02. The van der Waals surface area contributed by atoms with E-state index < -0.39 is 0 Å². The number of hydrogen-bond donors (Lipinski definition) is 1. The van der Waals surface area contributed by atoms with E-state index in [9.17, 15) is 0 Å². The number of hydrogen-bond acceptors (Lipinski definition) is 4. The predicted molar refractivity (Wildman–Crippen MR) is 58.8 cm³/mol. The zero-order valence-electron chi connectivity index (χ0n) is 9.23. The van der Waals surface area contributed by atoms with Gasteiger partial charge in [0.1, 0.15) is 5.82 Å². The van der Waals surface area contributed by atoms with E-state index in [1.807, 2.05) is 19.1 Å². The summed E-state index contributed by atoms with van der Waals surface area (Å²) in [5, 5.41) is 11.5. The Bertz CT molecular complexity index is 312. The largest absolute Gasteiger partial charge is 0.379 e. The number of nitrogens with one attached hydrogen (secondary N) is 1. The summed E-state index contributed by atoms with van der Waals surface area (Å²) in [6.45, 7) is 1.93. The molecular weight excluding hydrogens is 190 g/mol. The third kappa shape index (κ3) is 2.45. The van der Waals surface area contributed by atoms with Crippen molar-refractivity contribution < 1.29 is 4.74 Å². The molecule has 0 radical (unpaired) electrons.